The Hall–Kier alpha value is -1.04. The van der Waals surface area contributed by atoms with Gasteiger partial charge in [0.15, 0.2) is 0 Å². The van der Waals surface area contributed by atoms with E-state index in [9.17, 15) is 0 Å². The van der Waals surface area contributed by atoms with Gasteiger partial charge in [-0.15, -0.1) is 6.58 Å². The van der Waals surface area contributed by atoms with E-state index in [2.05, 4.69) is 50.0 Å². The maximum atomic E-state index is 3.72. The van der Waals surface area contributed by atoms with Crippen LogP contribution in [0.25, 0.3) is 0 Å². The van der Waals surface area contributed by atoms with Gasteiger partial charge in [0.05, 0.1) is 0 Å². The van der Waals surface area contributed by atoms with Crippen LogP contribution in [0.15, 0.2) is 49.1 Å². The van der Waals surface area contributed by atoms with Gasteiger partial charge in [-0.25, -0.2) is 0 Å². The largest absolute Gasteiger partial charge is 0.103 e. The third-order valence-electron chi connectivity index (χ3n) is 2.31. The van der Waals surface area contributed by atoms with Gasteiger partial charge in [0, 0.05) is 0 Å². The molecule has 0 nitrogen and oxygen atoms in total. The highest BCUT2D eigenvalue weighted by Gasteiger charge is 1.81. The summed E-state index contributed by atoms with van der Waals surface area (Å²) in [7, 11) is 0. The second-order valence-electron chi connectivity index (χ2n) is 3.93. The topological polar surface area (TPSA) is 0 Å². The van der Waals surface area contributed by atoms with E-state index in [1.807, 2.05) is 6.08 Å². The predicted octanol–water partition coefficient (Wildman–Crippen LogP) is 5.59. The van der Waals surface area contributed by atoms with Crippen molar-refractivity contribution < 1.29 is 0 Å². The minimum Gasteiger partial charge on any atom is -0.103 e. The average Bonchev–Trinajstić information content (AvgIpc) is 2.31. The Morgan fingerprint density at radius 2 is 1.56 bits per heavy atom. The molecule has 0 fully saturated rings. The van der Waals surface area contributed by atoms with Gasteiger partial charge in [0.1, 0.15) is 0 Å². The number of allylic oxidation sites excluding steroid dienone is 7. The molecule has 0 aliphatic rings. The van der Waals surface area contributed by atoms with Crippen molar-refractivity contribution in [3.05, 3.63) is 49.1 Å². The van der Waals surface area contributed by atoms with Crippen LogP contribution in [0.3, 0.4) is 0 Å². The van der Waals surface area contributed by atoms with E-state index < -0.39 is 0 Å². The first-order chi connectivity index (χ1) is 7.91. The van der Waals surface area contributed by atoms with Crippen LogP contribution in [-0.2, 0) is 0 Å². The molecule has 0 amide bonds. The molecule has 0 aromatic heterocycles. The van der Waals surface area contributed by atoms with E-state index in [0.29, 0.717) is 0 Å². The zero-order chi connectivity index (χ0) is 11.9. The molecule has 0 N–H and O–H groups in total. The SMILES string of the molecule is C=CCCCCC=CCC=CC=CCCC. The molecule has 0 saturated heterocycles. The van der Waals surface area contributed by atoms with E-state index >= 15 is 0 Å². The highest BCUT2D eigenvalue weighted by molar-refractivity contribution is 5.04. The molecule has 0 heterocycles. The highest BCUT2D eigenvalue weighted by atomic mass is 13.9. The van der Waals surface area contributed by atoms with Crippen LogP contribution in [0.5, 0.6) is 0 Å². The molecule has 0 spiro atoms. The van der Waals surface area contributed by atoms with Crippen molar-refractivity contribution in [2.75, 3.05) is 0 Å². The summed E-state index contributed by atoms with van der Waals surface area (Å²) < 4.78 is 0. The second-order valence-corrected chi connectivity index (χ2v) is 3.93. The van der Waals surface area contributed by atoms with Gasteiger partial charge in [-0.05, 0) is 38.5 Å². The van der Waals surface area contributed by atoms with Crippen molar-refractivity contribution >= 4 is 0 Å². The molecule has 0 aromatic rings. The van der Waals surface area contributed by atoms with Gasteiger partial charge in [-0.3, -0.25) is 0 Å². The maximum Gasteiger partial charge on any atom is -0.0166 e. The Balaban J connectivity index is 3.29. The van der Waals surface area contributed by atoms with Crippen molar-refractivity contribution in [1.82, 2.24) is 0 Å². The van der Waals surface area contributed by atoms with Crippen LogP contribution in [0.2, 0.25) is 0 Å². The fourth-order valence-electron chi connectivity index (χ4n) is 1.34. The van der Waals surface area contributed by atoms with E-state index in [0.717, 1.165) is 12.8 Å². The van der Waals surface area contributed by atoms with Gasteiger partial charge in [0.25, 0.3) is 0 Å². The van der Waals surface area contributed by atoms with Gasteiger partial charge < -0.3 is 0 Å². The molecule has 0 rings (SSSR count). The van der Waals surface area contributed by atoms with Crippen LogP contribution in [0.1, 0.15) is 51.9 Å². The lowest BCUT2D eigenvalue weighted by Gasteiger charge is -1.91. The summed E-state index contributed by atoms with van der Waals surface area (Å²) in [6, 6.07) is 0. The normalized spacial score (nSPS) is 12.1. The Morgan fingerprint density at radius 1 is 0.812 bits per heavy atom. The fraction of sp³-hybridized carbons (Fsp3) is 0.500. The summed E-state index contributed by atoms with van der Waals surface area (Å²) in [5.41, 5.74) is 0. The molecule has 0 aliphatic heterocycles. The molecule has 0 atom stereocenters. The Morgan fingerprint density at radius 3 is 2.31 bits per heavy atom. The van der Waals surface area contributed by atoms with Crippen LogP contribution < -0.4 is 0 Å². The van der Waals surface area contributed by atoms with Crippen LogP contribution >= 0.6 is 0 Å². The summed E-state index contributed by atoms with van der Waals surface area (Å²) in [6.07, 6.45) is 23.6. The summed E-state index contributed by atoms with van der Waals surface area (Å²) in [4.78, 5) is 0. The smallest absolute Gasteiger partial charge is 0.0166 e. The Labute approximate surface area is 101 Å². The van der Waals surface area contributed by atoms with Gasteiger partial charge in [0.2, 0.25) is 0 Å². The molecule has 90 valence electrons. The molecule has 0 heteroatoms. The third kappa shape index (κ3) is 13.0. The van der Waals surface area contributed by atoms with E-state index in [-0.39, 0.29) is 0 Å². The lowest BCUT2D eigenvalue weighted by Crippen LogP contribution is -1.71. The van der Waals surface area contributed by atoms with Gasteiger partial charge >= 0.3 is 0 Å². The molecule has 0 radical (unpaired) electrons. The van der Waals surface area contributed by atoms with E-state index in [1.165, 1.54) is 32.1 Å². The molecule has 0 aromatic carbocycles. The van der Waals surface area contributed by atoms with Gasteiger partial charge in [-0.1, -0.05) is 55.9 Å². The monoisotopic (exact) mass is 218 g/mol. The van der Waals surface area contributed by atoms with Crippen molar-refractivity contribution in [1.29, 1.82) is 0 Å². The minimum atomic E-state index is 1.05. The predicted molar refractivity (Wildman–Crippen MR) is 75.6 cm³/mol. The third-order valence-corrected chi connectivity index (χ3v) is 2.31. The first-order valence-electron chi connectivity index (χ1n) is 6.49. The summed E-state index contributed by atoms with van der Waals surface area (Å²) in [5.74, 6) is 0. The first-order valence-corrected chi connectivity index (χ1v) is 6.49. The minimum absolute atomic E-state index is 1.05. The number of hydrogen-bond donors (Lipinski definition) is 0. The summed E-state index contributed by atoms with van der Waals surface area (Å²) in [5, 5.41) is 0. The number of rotatable bonds is 10. The summed E-state index contributed by atoms with van der Waals surface area (Å²) in [6.45, 7) is 5.91. The quantitative estimate of drug-likeness (QED) is 0.255. The second kappa shape index (κ2) is 14.0. The number of hydrogen-bond acceptors (Lipinski definition) is 0. The van der Waals surface area contributed by atoms with Crippen molar-refractivity contribution in [3.8, 4) is 0 Å². The lowest BCUT2D eigenvalue weighted by molar-refractivity contribution is 0.762. The average molecular weight is 218 g/mol. The molecule has 0 saturated carbocycles. The Kier molecular flexibility index (Phi) is 13.1. The van der Waals surface area contributed by atoms with Crippen LogP contribution in [0, 0.1) is 0 Å². The van der Waals surface area contributed by atoms with Crippen LogP contribution in [0.4, 0.5) is 0 Å². The molecule has 0 aliphatic carbocycles. The summed E-state index contributed by atoms with van der Waals surface area (Å²) >= 11 is 0. The van der Waals surface area contributed by atoms with Gasteiger partial charge in [-0.2, -0.15) is 0 Å². The van der Waals surface area contributed by atoms with E-state index in [4.69, 9.17) is 0 Å². The highest BCUT2D eigenvalue weighted by Crippen LogP contribution is 2.01. The van der Waals surface area contributed by atoms with Crippen molar-refractivity contribution in [2.24, 2.45) is 0 Å². The van der Waals surface area contributed by atoms with Crippen LogP contribution in [-0.4, -0.2) is 0 Å². The fourth-order valence-corrected chi connectivity index (χ4v) is 1.34. The zero-order valence-electron chi connectivity index (χ0n) is 10.7. The molecule has 0 bridgehead atoms. The first kappa shape index (κ1) is 15.0. The van der Waals surface area contributed by atoms with E-state index in [1.54, 1.807) is 0 Å². The standard InChI is InChI=1S/C16H26/c1-3-5-7-9-11-13-15-16-14-12-10-8-6-4-2/h3,8,10,12-15H,1,4-7,9,11,16H2,2H3. The molecule has 0 unspecified atom stereocenters. The van der Waals surface area contributed by atoms with Crippen molar-refractivity contribution in [3.63, 3.8) is 0 Å². The zero-order valence-corrected chi connectivity index (χ0v) is 10.7. The van der Waals surface area contributed by atoms with Crippen molar-refractivity contribution in [2.45, 2.75) is 51.9 Å². The maximum absolute atomic E-state index is 3.72. The molecular formula is C16H26. The Bertz CT molecular complexity index is 218. The lowest BCUT2D eigenvalue weighted by atomic mass is 10.2. The molecule has 16 heavy (non-hydrogen) atoms. The number of unbranched alkanes of at least 4 members (excludes halogenated alkanes) is 4. The molecular weight excluding hydrogens is 192 g/mol.